The topological polar surface area (TPSA) is 35.5 Å². The molecule has 0 aromatic carbocycles. The highest BCUT2D eigenvalue weighted by molar-refractivity contribution is 8.02. The molecule has 3 nitrogen and oxygen atoms in total. The maximum absolute atomic E-state index is 12.1. The molecule has 0 aliphatic carbocycles. The minimum atomic E-state index is -2.99. The summed E-state index contributed by atoms with van der Waals surface area (Å²) < 4.78 is 22.0. The molecule has 0 atom stereocenters. The summed E-state index contributed by atoms with van der Waals surface area (Å²) in [5.41, 5.74) is 0.659. The van der Waals surface area contributed by atoms with E-state index >= 15 is 0 Å². The van der Waals surface area contributed by atoms with E-state index in [0.717, 1.165) is 0 Å². The molecule has 0 aliphatic rings. The zero-order chi connectivity index (χ0) is 12.3. The van der Waals surface area contributed by atoms with Crippen LogP contribution >= 0.6 is 14.7 Å². The summed E-state index contributed by atoms with van der Waals surface area (Å²) in [5, 5.41) is 0. The molecule has 0 bridgehead atoms. The molecule has 0 rings (SSSR count). The summed E-state index contributed by atoms with van der Waals surface area (Å²) in [4.78, 5) is 0. The first-order chi connectivity index (χ1) is 6.72. The van der Waals surface area contributed by atoms with Crippen molar-refractivity contribution in [3.63, 3.8) is 0 Å². The minimum Gasteiger partial charge on any atom is -0.309 e. The molecule has 6 heteroatoms. The summed E-state index contributed by atoms with van der Waals surface area (Å²) in [6, 6.07) is 0. The number of rotatable bonds is 6. The van der Waals surface area contributed by atoms with E-state index in [-0.39, 0.29) is 0 Å². The molecule has 0 unspecified atom stereocenters. The van der Waals surface area contributed by atoms with Crippen molar-refractivity contribution in [1.82, 2.24) is 0 Å². The van der Waals surface area contributed by atoms with Crippen LogP contribution in [0.5, 0.6) is 0 Å². The first-order valence-corrected chi connectivity index (χ1v) is 8.99. The van der Waals surface area contributed by atoms with Gasteiger partial charge in [0.25, 0.3) is 0 Å². The van der Waals surface area contributed by atoms with Gasteiger partial charge >= 0.3 is 15.2 Å². The SMILES string of the molecule is [B][P+](CP(=O)(OC)OC)(C(C)C)C(C)C. The Morgan fingerprint density at radius 3 is 1.67 bits per heavy atom. The Kier molecular flexibility index (Phi) is 6.07. The van der Waals surface area contributed by atoms with Crippen LogP contribution < -0.4 is 0 Å². The van der Waals surface area contributed by atoms with Crippen molar-refractivity contribution in [1.29, 1.82) is 0 Å². The molecule has 0 aromatic rings. The van der Waals surface area contributed by atoms with E-state index in [1.165, 1.54) is 14.2 Å². The quantitative estimate of drug-likeness (QED) is 0.536. The van der Waals surface area contributed by atoms with Crippen LogP contribution in [0, 0.1) is 0 Å². The van der Waals surface area contributed by atoms with Crippen LogP contribution in [-0.2, 0) is 13.6 Å². The Morgan fingerprint density at radius 2 is 1.47 bits per heavy atom. The highest BCUT2D eigenvalue weighted by Crippen LogP contribution is 2.71. The second-order valence-corrected chi connectivity index (χ2v) is 11.4. The molecule has 15 heavy (non-hydrogen) atoms. The maximum atomic E-state index is 12.1. The average molecular weight is 251 g/mol. The van der Waals surface area contributed by atoms with Gasteiger partial charge in [-0.3, -0.25) is 4.57 Å². The molecule has 0 N–H and O–H groups in total. The van der Waals surface area contributed by atoms with E-state index in [1.54, 1.807) is 0 Å². The Hall–Kier alpha value is 0.645. The van der Waals surface area contributed by atoms with Gasteiger partial charge in [0.15, 0.2) is 0 Å². The van der Waals surface area contributed by atoms with Crippen LogP contribution in [0.15, 0.2) is 0 Å². The largest absolute Gasteiger partial charge is 0.366 e. The van der Waals surface area contributed by atoms with E-state index in [0.29, 0.717) is 17.2 Å². The third-order valence-electron chi connectivity index (χ3n) is 2.90. The zero-order valence-electron chi connectivity index (χ0n) is 10.6. The summed E-state index contributed by atoms with van der Waals surface area (Å²) in [7, 11) is 4.46. The first-order valence-electron chi connectivity index (χ1n) is 5.08. The maximum Gasteiger partial charge on any atom is 0.366 e. The van der Waals surface area contributed by atoms with Crippen LogP contribution in [0.1, 0.15) is 27.7 Å². The van der Waals surface area contributed by atoms with Crippen molar-refractivity contribution in [2.45, 2.75) is 39.0 Å². The number of hydrogen-bond acceptors (Lipinski definition) is 3. The van der Waals surface area contributed by atoms with Crippen LogP contribution in [0.2, 0.25) is 0 Å². The molecule has 0 saturated heterocycles. The Labute approximate surface area is 95.5 Å². The van der Waals surface area contributed by atoms with Crippen molar-refractivity contribution >= 4 is 22.3 Å². The third-order valence-corrected chi connectivity index (χ3v) is 11.2. The lowest BCUT2D eigenvalue weighted by Crippen LogP contribution is -2.19. The van der Waals surface area contributed by atoms with Crippen molar-refractivity contribution in [2.75, 3.05) is 20.1 Å². The molecule has 0 spiro atoms. The highest BCUT2D eigenvalue weighted by Gasteiger charge is 2.46. The van der Waals surface area contributed by atoms with E-state index in [1.807, 2.05) is 0 Å². The first kappa shape index (κ1) is 15.6. The Bertz CT molecular complexity index is 228. The zero-order valence-corrected chi connectivity index (χ0v) is 12.3. The van der Waals surface area contributed by atoms with Gasteiger partial charge in [0.2, 0.25) is 0 Å². The molecule has 0 aliphatic heterocycles. The van der Waals surface area contributed by atoms with Gasteiger partial charge < -0.3 is 9.05 Å². The Morgan fingerprint density at radius 1 is 1.13 bits per heavy atom. The Balaban J connectivity index is 4.92. The van der Waals surface area contributed by atoms with Gasteiger partial charge in [-0.1, -0.05) is 0 Å². The molecule has 0 aromatic heterocycles. The van der Waals surface area contributed by atoms with Crippen LogP contribution in [0.3, 0.4) is 0 Å². The van der Waals surface area contributed by atoms with Crippen molar-refractivity contribution in [3.05, 3.63) is 0 Å². The predicted molar refractivity (Wildman–Crippen MR) is 69.4 cm³/mol. The fraction of sp³-hybridized carbons (Fsp3) is 1.00. The van der Waals surface area contributed by atoms with E-state index in [2.05, 4.69) is 27.7 Å². The lowest BCUT2D eigenvalue weighted by molar-refractivity contribution is 0.280. The van der Waals surface area contributed by atoms with Crippen molar-refractivity contribution in [3.8, 4) is 0 Å². The molecule has 0 fully saturated rings. The van der Waals surface area contributed by atoms with Gasteiger partial charge in [-0.2, -0.15) is 0 Å². The van der Waals surface area contributed by atoms with Crippen LogP contribution in [-0.4, -0.2) is 39.0 Å². The second kappa shape index (κ2) is 5.82. The lowest BCUT2D eigenvalue weighted by atomic mass is 10.5. The fourth-order valence-electron chi connectivity index (χ4n) is 1.41. The van der Waals surface area contributed by atoms with Crippen molar-refractivity contribution < 1.29 is 13.6 Å². The van der Waals surface area contributed by atoms with Gasteiger partial charge in [-0.05, 0) is 34.8 Å². The summed E-state index contributed by atoms with van der Waals surface area (Å²) in [6.07, 6.45) is 0. The van der Waals surface area contributed by atoms with Crippen LogP contribution in [0.4, 0.5) is 0 Å². The van der Waals surface area contributed by atoms with E-state index in [4.69, 9.17) is 16.6 Å². The minimum absolute atomic E-state index is 0.330. The van der Waals surface area contributed by atoms with Gasteiger partial charge in [-0.25, -0.2) is 0 Å². The third kappa shape index (κ3) is 3.86. The molecule has 88 valence electrons. The normalized spacial score (nSPS) is 13.9. The molecular weight excluding hydrogens is 229 g/mol. The monoisotopic (exact) mass is 251 g/mol. The fourth-order valence-corrected chi connectivity index (χ4v) is 8.69. The second-order valence-electron chi connectivity index (χ2n) is 4.30. The van der Waals surface area contributed by atoms with Gasteiger partial charge in [0.05, 0.1) is 0 Å². The highest BCUT2D eigenvalue weighted by atomic mass is 31.2. The summed E-state index contributed by atoms with van der Waals surface area (Å²) in [5.74, 6) is 0.363. The summed E-state index contributed by atoms with van der Waals surface area (Å²) >= 11 is 0. The van der Waals surface area contributed by atoms with E-state index < -0.39 is 14.7 Å². The van der Waals surface area contributed by atoms with Gasteiger partial charge in [0.1, 0.15) is 5.90 Å². The van der Waals surface area contributed by atoms with Crippen molar-refractivity contribution in [2.24, 2.45) is 0 Å². The standard InChI is InChI=1S/C9H22BO3P2/c1-8(2)14(10,9(3)4)7-15(11,12-5)13-6/h8-9H,7H2,1-6H3/q+1. The molecule has 0 heterocycles. The smallest absolute Gasteiger partial charge is 0.309 e. The molecular formula is C9H22BO3P2+. The van der Waals surface area contributed by atoms with E-state index in [9.17, 15) is 4.57 Å². The molecule has 0 saturated carbocycles. The van der Waals surface area contributed by atoms with Crippen LogP contribution in [0.25, 0.3) is 0 Å². The number of hydrogen-bond donors (Lipinski definition) is 0. The summed E-state index contributed by atoms with van der Waals surface area (Å²) in [6.45, 7) is 8.29. The van der Waals surface area contributed by atoms with Gasteiger partial charge in [0, 0.05) is 25.5 Å². The molecule has 2 radical (unpaired) electrons. The molecule has 0 amide bonds. The predicted octanol–water partition coefficient (Wildman–Crippen LogP) is 3.35. The average Bonchev–Trinajstić information content (AvgIpc) is 2.16. The van der Waals surface area contributed by atoms with Gasteiger partial charge in [-0.15, -0.1) is 0 Å². The lowest BCUT2D eigenvalue weighted by Gasteiger charge is -2.33.